The smallest absolute Gasteiger partial charge is 0.158 e. The maximum atomic E-state index is 14.6. The Morgan fingerprint density at radius 3 is 2.68 bits per heavy atom. The summed E-state index contributed by atoms with van der Waals surface area (Å²) < 4.78 is 28.6. The van der Waals surface area contributed by atoms with Gasteiger partial charge in [-0.05, 0) is 37.6 Å². The molecule has 1 aromatic rings. The Morgan fingerprint density at radius 2 is 2.11 bits per heavy atom. The normalized spacial score (nSPS) is 20.2. The lowest BCUT2D eigenvalue weighted by Gasteiger charge is -2.29. The number of nitrogens with one attached hydrogen (secondary N) is 1. The van der Waals surface area contributed by atoms with Crippen molar-refractivity contribution >= 4 is 0 Å². The molecule has 1 aliphatic heterocycles. The lowest BCUT2D eigenvalue weighted by Crippen LogP contribution is -2.38. The van der Waals surface area contributed by atoms with Gasteiger partial charge in [-0.15, -0.1) is 0 Å². The Hall–Kier alpha value is -1.11. The van der Waals surface area contributed by atoms with Gasteiger partial charge in [0.15, 0.2) is 5.67 Å². The van der Waals surface area contributed by atoms with E-state index in [-0.39, 0.29) is 25.0 Å². The van der Waals surface area contributed by atoms with E-state index in [4.69, 9.17) is 5.11 Å². The molecule has 0 saturated carbocycles. The van der Waals surface area contributed by atoms with Crippen molar-refractivity contribution in [2.75, 3.05) is 19.7 Å². The third kappa shape index (κ3) is 3.26. The van der Waals surface area contributed by atoms with Crippen LogP contribution in [0.25, 0.3) is 0 Å². The zero-order valence-electron chi connectivity index (χ0n) is 10.6. The Labute approximate surface area is 110 Å². The summed E-state index contributed by atoms with van der Waals surface area (Å²) in [7, 11) is 0. The predicted molar refractivity (Wildman–Crippen MR) is 65.9 cm³/mol. The molecule has 0 spiro atoms. The SMILES string of the molecule is OC[C@H](O)Cc1cnc(C2(F)CCNCC2)c(F)c1. The minimum Gasteiger partial charge on any atom is -0.394 e. The molecule has 1 atom stereocenters. The fourth-order valence-corrected chi connectivity index (χ4v) is 2.32. The lowest BCUT2D eigenvalue weighted by molar-refractivity contribution is 0.0947. The molecule has 1 fully saturated rings. The summed E-state index contributed by atoms with van der Waals surface area (Å²) in [5, 5.41) is 21.0. The van der Waals surface area contributed by atoms with Crippen LogP contribution in [0.15, 0.2) is 12.3 Å². The van der Waals surface area contributed by atoms with Crippen molar-refractivity contribution in [2.45, 2.75) is 31.0 Å². The van der Waals surface area contributed by atoms with E-state index in [1.165, 1.54) is 12.3 Å². The van der Waals surface area contributed by atoms with Gasteiger partial charge in [0.25, 0.3) is 0 Å². The van der Waals surface area contributed by atoms with E-state index in [1.54, 1.807) is 0 Å². The molecule has 1 aliphatic rings. The average Bonchev–Trinajstić information content (AvgIpc) is 2.39. The molecule has 0 aliphatic carbocycles. The van der Waals surface area contributed by atoms with E-state index < -0.39 is 24.2 Å². The van der Waals surface area contributed by atoms with Crippen molar-refractivity contribution < 1.29 is 19.0 Å². The first-order valence-corrected chi connectivity index (χ1v) is 6.38. The summed E-state index contributed by atoms with van der Waals surface area (Å²) in [6.07, 6.45) is 0.915. The Kier molecular flexibility index (Phi) is 4.44. The van der Waals surface area contributed by atoms with Gasteiger partial charge in [0.1, 0.15) is 11.5 Å². The van der Waals surface area contributed by atoms with Crippen LogP contribution in [0.4, 0.5) is 8.78 Å². The third-order valence-electron chi connectivity index (χ3n) is 3.40. The second-order valence-electron chi connectivity index (χ2n) is 4.93. The summed E-state index contributed by atoms with van der Waals surface area (Å²) in [6.45, 7) is 0.604. The van der Waals surface area contributed by atoms with Crippen molar-refractivity contribution in [3.63, 3.8) is 0 Å². The van der Waals surface area contributed by atoms with Crippen LogP contribution in [-0.2, 0) is 12.1 Å². The van der Waals surface area contributed by atoms with E-state index >= 15 is 0 Å². The van der Waals surface area contributed by atoms with Crippen molar-refractivity contribution in [2.24, 2.45) is 0 Å². The zero-order chi connectivity index (χ0) is 13.9. The number of aliphatic hydroxyl groups excluding tert-OH is 2. The van der Waals surface area contributed by atoms with Crippen LogP contribution in [0.3, 0.4) is 0 Å². The number of rotatable bonds is 4. The maximum Gasteiger partial charge on any atom is 0.158 e. The monoisotopic (exact) mass is 272 g/mol. The van der Waals surface area contributed by atoms with Gasteiger partial charge in [0.05, 0.1) is 12.7 Å². The van der Waals surface area contributed by atoms with Crippen molar-refractivity contribution in [1.82, 2.24) is 10.3 Å². The quantitative estimate of drug-likeness (QED) is 0.753. The van der Waals surface area contributed by atoms with Crippen LogP contribution in [0.5, 0.6) is 0 Å². The number of alkyl halides is 1. The van der Waals surface area contributed by atoms with Crippen LogP contribution in [-0.4, -0.2) is 41.0 Å². The van der Waals surface area contributed by atoms with Crippen LogP contribution in [0.2, 0.25) is 0 Å². The Balaban J connectivity index is 2.19. The van der Waals surface area contributed by atoms with Crippen molar-refractivity contribution in [3.8, 4) is 0 Å². The van der Waals surface area contributed by atoms with E-state index in [2.05, 4.69) is 10.3 Å². The molecule has 0 amide bonds. The standard InChI is InChI=1S/C13H18F2N2O2/c14-11-6-9(5-10(19)8-18)7-17-12(11)13(15)1-3-16-4-2-13/h6-7,10,16,18-19H,1-5,8H2/t10-/m1/s1. The summed E-state index contributed by atoms with van der Waals surface area (Å²) in [4.78, 5) is 3.89. The van der Waals surface area contributed by atoms with E-state index in [1.807, 2.05) is 0 Å². The molecule has 106 valence electrons. The number of aromatic nitrogens is 1. The Bertz CT molecular complexity index is 437. The summed E-state index contributed by atoms with van der Waals surface area (Å²) >= 11 is 0. The van der Waals surface area contributed by atoms with Crippen LogP contribution < -0.4 is 5.32 Å². The first-order chi connectivity index (χ1) is 9.05. The van der Waals surface area contributed by atoms with E-state index in [0.29, 0.717) is 18.7 Å². The molecular weight excluding hydrogens is 254 g/mol. The zero-order valence-corrected chi connectivity index (χ0v) is 10.6. The molecule has 6 heteroatoms. The third-order valence-corrected chi connectivity index (χ3v) is 3.40. The average molecular weight is 272 g/mol. The molecule has 3 N–H and O–H groups in total. The molecule has 0 aromatic carbocycles. The second-order valence-corrected chi connectivity index (χ2v) is 4.93. The molecule has 2 heterocycles. The molecule has 0 unspecified atom stereocenters. The van der Waals surface area contributed by atoms with E-state index in [9.17, 15) is 13.9 Å². The predicted octanol–water partition coefficient (Wildman–Crippen LogP) is 0.665. The lowest BCUT2D eigenvalue weighted by atomic mass is 9.90. The molecule has 0 radical (unpaired) electrons. The number of hydrogen-bond acceptors (Lipinski definition) is 4. The Morgan fingerprint density at radius 1 is 1.42 bits per heavy atom. The number of nitrogens with zero attached hydrogens (tertiary/aromatic N) is 1. The van der Waals surface area contributed by atoms with Gasteiger partial charge < -0.3 is 15.5 Å². The number of pyridine rings is 1. The molecule has 0 bridgehead atoms. The fraction of sp³-hybridized carbons (Fsp3) is 0.615. The fourth-order valence-electron chi connectivity index (χ4n) is 2.32. The number of hydrogen-bond donors (Lipinski definition) is 3. The largest absolute Gasteiger partial charge is 0.394 e. The molecule has 19 heavy (non-hydrogen) atoms. The molecular formula is C13H18F2N2O2. The van der Waals surface area contributed by atoms with Crippen molar-refractivity contribution in [3.05, 3.63) is 29.3 Å². The van der Waals surface area contributed by atoms with Gasteiger partial charge in [-0.1, -0.05) is 0 Å². The van der Waals surface area contributed by atoms with Gasteiger partial charge in [-0.25, -0.2) is 8.78 Å². The highest BCUT2D eigenvalue weighted by Gasteiger charge is 2.37. The van der Waals surface area contributed by atoms with Gasteiger partial charge >= 0.3 is 0 Å². The van der Waals surface area contributed by atoms with Crippen LogP contribution >= 0.6 is 0 Å². The number of halogens is 2. The summed E-state index contributed by atoms with van der Waals surface area (Å²) in [6, 6.07) is 1.19. The number of piperidine rings is 1. The molecule has 1 saturated heterocycles. The maximum absolute atomic E-state index is 14.6. The molecule has 4 nitrogen and oxygen atoms in total. The van der Waals surface area contributed by atoms with Gasteiger partial charge in [-0.3, -0.25) is 4.98 Å². The second kappa shape index (κ2) is 5.90. The molecule has 2 rings (SSSR count). The highest BCUT2D eigenvalue weighted by molar-refractivity contribution is 5.22. The summed E-state index contributed by atoms with van der Waals surface area (Å²) in [5.74, 6) is -0.688. The topological polar surface area (TPSA) is 65.4 Å². The van der Waals surface area contributed by atoms with Gasteiger partial charge in [0.2, 0.25) is 0 Å². The minimum absolute atomic E-state index is 0.0988. The van der Waals surface area contributed by atoms with Crippen LogP contribution in [0, 0.1) is 5.82 Å². The highest BCUT2D eigenvalue weighted by atomic mass is 19.1. The van der Waals surface area contributed by atoms with E-state index in [0.717, 1.165) is 0 Å². The molecule has 1 aromatic heterocycles. The van der Waals surface area contributed by atoms with Gasteiger partial charge in [0, 0.05) is 12.6 Å². The minimum atomic E-state index is -1.72. The van der Waals surface area contributed by atoms with Gasteiger partial charge in [-0.2, -0.15) is 0 Å². The summed E-state index contributed by atoms with van der Waals surface area (Å²) in [5.41, 5.74) is -1.43. The van der Waals surface area contributed by atoms with Crippen LogP contribution in [0.1, 0.15) is 24.1 Å². The first-order valence-electron chi connectivity index (χ1n) is 6.38. The van der Waals surface area contributed by atoms with Crippen molar-refractivity contribution in [1.29, 1.82) is 0 Å². The number of aliphatic hydroxyl groups is 2. The highest BCUT2D eigenvalue weighted by Crippen LogP contribution is 2.35. The first kappa shape index (κ1) is 14.3.